The maximum absolute atomic E-state index is 13.4. The Bertz CT molecular complexity index is 1530. The summed E-state index contributed by atoms with van der Waals surface area (Å²) in [5.74, 6) is 0. The van der Waals surface area contributed by atoms with Crippen molar-refractivity contribution in [3.63, 3.8) is 0 Å². The predicted octanol–water partition coefficient (Wildman–Crippen LogP) is 4.42. The van der Waals surface area contributed by atoms with E-state index in [0.717, 1.165) is 23.2 Å². The van der Waals surface area contributed by atoms with Crippen LogP contribution in [0.4, 0.5) is 18.9 Å². The van der Waals surface area contributed by atoms with Crippen molar-refractivity contribution in [1.82, 2.24) is 8.61 Å². The van der Waals surface area contributed by atoms with Gasteiger partial charge in [0.2, 0.25) is 10.0 Å². The summed E-state index contributed by atoms with van der Waals surface area (Å²) in [5.41, 5.74) is -2.18. The zero-order valence-electron chi connectivity index (χ0n) is 22.7. The van der Waals surface area contributed by atoms with E-state index in [1.807, 2.05) is 11.0 Å². The summed E-state index contributed by atoms with van der Waals surface area (Å²) in [7, 11) is -7.62. The van der Waals surface area contributed by atoms with Crippen molar-refractivity contribution in [2.75, 3.05) is 37.3 Å². The van der Waals surface area contributed by atoms with Gasteiger partial charge < -0.3 is 10.0 Å². The minimum atomic E-state index is -4.89. The number of rotatable bonds is 9. The molecule has 3 aromatic rings. The summed E-state index contributed by atoms with van der Waals surface area (Å²) in [6, 6.07) is 16.1. The van der Waals surface area contributed by atoms with Crippen LogP contribution in [0.2, 0.25) is 0 Å². The molecule has 1 aliphatic heterocycles. The summed E-state index contributed by atoms with van der Waals surface area (Å²) in [6.07, 6.45) is -3.80. The first-order valence-corrected chi connectivity index (χ1v) is 16.9. The number of nitrogens with zero attached hydrogens (tertiary/aromatic N) is 3. The topological polar surface area (TPSA) is 98.2 Å². The molecule has 14 heteroatoms. The molecule has 3 atom stereocenters. The molecular formula is C27H32F3N3O5S3. The van der Waals surface area contributed by atoms with E-state index in [0.29, 0.717) is 12.6 Å². The molecule has 1 fully saturated rings. The van der Waals surface area contributed by atoms with Crippen LogP contribution in [-0.4, -0.2) is 75.2 Å². The maximum Gasteiger partial charge on any atom is 0.421 e. The van der Waals surface area contributed by atoms with Gasteiger partial charge in [-0.1, -0.05) is 48.5 Å². The lowest BCUT2D eigenvalue weighted by Gasteiger charge is -2.44. The van der Waals surface area contributed by atoms with Gasteiger partial charge in [-0.15, -0.1) is 11.3 Å². The van der Waals surface area contributed by atoms with E-state index in [-0.39, 0.29) is 36.0 Å². The highest BCUT2D eigenvalue weighted by atomic mass is 32.2. The fourth-order valence-electron chi connectivity index (χ4n) is 4.91. The van der Waals surface area contributed by atoms with Gasteiger partial charge in [0.25, 0.3) is 10.0 Å². The van der Waals surface area contributed by atoms with Crippen molar-refractivity contribution < 1.29 is 35.1 Å². The Morgan fingerprint density at radius 1 is 1.00 bits per heavy atom. The zero-order chi connectivity index (χ0) is 30.2. The quantitative estimate of drug-likeness (QED) is 0.376. The van der Waals surface area contributed by atoms with Crippen LogP contribution in [0.15, 0.2) is 76.3 Å². The van der Waals surface area contributed by atoms with E-state index in [1.54, 1.807) is 42.6 Å². The van der Waals surface area contributed by atoms with Crippen LogP contribution >= 0.6 is 11.3 Å². The molecule has 0 bridgehead atoms. The molecule has 1 aromatic heterocycles. The first-order chi connectivity index (χ1) is 19.0. The Kier molecular flexibility index (Phi) is 8.94. The fourth-order valence-corrected chi connectivity index (χ4v) is 8.66. The number of piperazine rings is 1. The summed E-state index contributed by atoms with van der Waals surface area (Å²) < 4.78 is 95.8. The number of sulfonamides is 2. The average Bonchev–Trinajstić information content (AvgIpc) is 3.47. The normalized spacial score (nSPS) is 19.7. The van der Waals surface area contributed by atoms with Gasteiger partial charge >= 0.3 is 6.18 Å². The first kappa shape index (κ1) is 31.4. The highest BCUT2D eigenvalue weighted by molar-refractivity contribution is 7.91. The van der Waals surface area contributed by atoms with Gasteiger partial charge in [0.1, 0.15) is 4.21 Å². The van der Waals surface area contributed by atoms with E-state index in [1.165, 1.54) is 38.9 Å². The molecule has 0 aliphatic carbocycles. The van der Waals surface area contributed by atoms with E-state index < -0.39 is 43.9 Å². The summed E-state index contributed by atoms with van der Waals surface area (Å²) in [4.78, 5) is 1.81. The number of hydrogen-bond donors (Lipinski definition) is 1. The number of alkyl halides is 3. The third-order valence-corrected chi connectivity index (χ3v) is 11.9. The SMILES string of the molecule is CC(c1ccccc1)N(CC1CN(S(=O)(=O)c2cccs2)CCN1c1ccc(C(C)(O)C(F)(F)F)cc1)S(C)(=O)=O. The van der Waals surface area contributed by atoms with Crippen LogP contribution in [0.3, 0.4) is 0 Å². The Balaban J connectivity index is 1.71. The number of hydrogen-bond acceptors (Lipinski definition) is 7. The van der Waals surface area contributed by atoms with Gasteiger partial charge in [0.15, 0.2) is 5.60 Å². The predicted molar refractivity (Wildman–Crippen MR) is 153 cm³/mol. The van der Waals surface area contributed by atoms with Crippen molar-refractivity contribution in [2.45, 2.75) is 41.9 Å². The number of thiophene rings is 1. The van der Waals surface area contributed by atoms with E-state index >= 15 is 0 Å². The molecule has 1 aliphatic rings. The van der Waals surface area contributed by atoms with Crippen LogP contribution < -0.4 is 4.90 Å². The minimum Gasteiger partial charge on any atom is -0.376 e. The largest absolute Gasteiger partial charge is 0.421 e. The molecule has 224 valence electrons. The van der Waals surface area contributed by atoms with Crippen molar-refractivity contribution in [3.8, 4) is 0 Å². The lowest BCUT2D eigenvalue weighted by molar-refractivity contribution is -0.258. The smallest absolute Gasteiger partial charge is 0.376 e. The molecule has 8 nitrogen and oxygen atoms in total. The Morgan fingerprint density at radius 2 is 1.63 bits per heavy atom. The highest BCUT2D eigenvalue weighted by Gasteiger charge is 2.51. The molecule has 1 saturated heterocycles. The van der Waals surface area contributed by atoms with Gasteiger partial charge in [-0.3, -0.25) is 0 Å². The number of aliphatic hydroxyl groups is 1. The van der Waals surface area contributed by atoms with Crippen molar-refractivity contribution in [1.29, 1.82) is 0 Å². The van der Waals surface area contributed by atoms with Crippen molar-refractivity contribution in [2.24, 2.45) is 0 Å². The number of benzene rings is 2. The summed E-state index contributed by atoms with van der Waals surface area (Å²) >= 11 is 1.08. The fraction of sp³-hybridized carbons (Fsp3) is 0.407. The van der Waals surface area contributed by atoms with Crippen molar-refractivity contribution >= 4 is 37.1 Å². The molecule has 0 saturated carbocycles. The maximum atomic E-state index is 13.4. The van der Waals surface area contributed by atoms with Gasteiger partial charge in [-0.05, 0) is 48.6 Å². The molecule has 41 heavy (non-hydrogen) atoms. The monoisotopic (exact) mass is 631 g/mol. The first-order valence-electron chi connectivity index (χ1n) is 12.7. The third-order valence-electron chi connectivity index (χ3n) is 7.38. The van der Waals surface area contributed by atoms with E-state index in [9.17, 15) is 35.1 Å². The zero-order valence-corrected chi connectivity index (χ0v) is 25.1. The van der Waals surface area contributed by atoms with Crippen LogP contribution in [0, 0.1) is 0 Å². The average molecular weight is 632 g/mol. The van der Waals surface area contributed by atoms with E-state index in [4.69, 9.17) is 0 Å². The Labute approximate surface area is 242 Å². The van der Waals surface area contributed by atoms with Crippen LogP contribution in [0.25, 0.3) is 0 Å². The van der Waals surface area contributed by atoms with Gasteiger partial charge in [0, 0.05) is 37.9 Å². The molecule has 0 radical (unpaired) electrons. The van der Waals surface area contributed by atoms with Crippen LogP contribution in [-0.2, 0) is 25.6 Å². The Hall–Kier alpha value is -2.49. The second-order valence-corrected chi connectivity index (χ2v) is 15.2. The van der Waals surface area contributed by atoms with Gasteiger partial charge in [-0.2, -0.15) is 21.8 Å². The molecule has 4 rings (SSSR count). The minimum absolute atomic E-state index is 0.0459. The second kappa shape index (κ2) is 11.7. The molecule has 2 heterocycles. The molecular weight excluding hydrogens is 600 g/mol. The van der Waals surface area contributed by atoms with Crippen molar-refractivity contribution in [3.05, 3.63) is 83.2 Å². The molecule has 1 N–H and O–H groups in total. The molecule has 3 unspecified atom stereocenters. The molecule has 0 spiro atoms. The summed E-state index contributed by atoms with van der Waals surface area (Å²) in [5, 5.41) is 11.7. The lowest BCUT2D eigenvalue weighted by Crippen LogP contribution is -2.59. The molecule has 0 amide bonds. The number of anilines is 1. The molecule has 2 aromatic carbocycles. The van der Waals surface area contributed by atoms with Gasteiger partial charge in [-0.25, -0.2) is 16.8 Å². The number of halogens is 3. The van der Waals surface area contributed by atoms with E-state index in [2.05, 4.69) is 0 Å². The highest BCUT2D eigenvalue weighted by Crippen LogP contribution is 2.39. The third kappa shape index (κ3) is 6.62. The summed E-state index contributed by atoms with van der Waals surface area (Å²) in [6.45, 7) is 2.56. The van der Waals surface area contributed by atoms with Gasteiger partial charge in [0.05, 0.1) is 12.3 Å². The lowest BCUT2D eigenvalue weighted by atomic mass is 9.95. The standard InChI is InChI=1S/C27H32F3N3O5S3/c1-20(21-8-5-4-6-9-21)33(40(3,35)36)19-24-18-31(41(37,38)25-10-7-17-39-25)15-16-32(24)23-13-11-22(12-14-23)26(2,34)27(28,29)30/h4-14,17,20,24,34H,15-16,18-19H2,1-3H3. The Morgan fingerprint density at radius 3 is 2.17 bits per heavy atom. The second-order valence-electron chi connectivity index (χ2n) is 10.2. The van der Waals surface area contributed by atoms with Crippen LogP contribution in [0.5, 0.6) is 0 Å². The van der Waals surface area contributed by atoms with Crippen LogP contribution in [0.1, 0.15) is 31.0 Å².